The Morgan fingerprint density at radius 3 is 3.00 bits per heavy atom. The number of nitrogens with one attached hydrogen (secondary N) is 1. The van der Waals surface area contributed by atoms with E-state index >= 15 is 0 Å². The lowest BCUT2D eigenvalue weighted by atomic mass is 10.1. The number of anilines is 1. The van der Waals surface area contributed by atoms with Crippen LogP contribution in [0, 0.1) is 12.7 Å². The number of benzene rings is 1. The quantitative estimate of drug-likeness (QED) is 0.821. The van der Waals surface area contributed by atoms with E-state index in [0.29, 0.717) is 5.56 Å². The lowest BCUT2D eigenvalue weighted by molar-refractivity contribution is 0.618. The van der Waals surface area contributed by atoms with Crippen LogP contribution in [0.2, 0.25) is 4.34 Å². The van der Waals surface area contributed by atoms with Crippen LogP contribution in [0.5, 0.6) is 0 Å². The molecule has 1 atom stereocenters. The summed E-state index contributed by atoms with van der Waals surface area (Å²) in [6.45, 7) is 1.77. The summed E-state index contributed by atoms with van der Waals surface area (Å²) in [6.07, 6.45) is 2.10. The second kappa shape index (κ2) is 4.56. The SMILES string of the molecule is Cc1ccc(NC2CCc3sc(Cl)cc32)cc1F. The number of halogens is 2. The monoisotopic (exact) mass is 281 g/mol. The summed E-state index contributed by atoms with van der Waals surface area (Å²) < 4.78 is 14.3. The van der Waals surface area contributed by atoms with Gasteiger partial charge in [0.25, 0.3) is 0 Å². The Morgan fingerprint density at radius 2 is 2.22 bits per heavy atom. The van der Waals surface area contributed by atoms with Crippen LogP contribution in [-0.4, -0.2) is 0 Å². The maximum Gasteiger partial charge on any atom is 0.128 e. The maximum absolute atomic E-state index is 13.5. The molecule has 94 valence electrons. The molecule has 0 amide bonds. The van der Waals surface area contributed by atoms with Crippen molar-refractivity contribution in [3.63, 3.8) is 0 Å². The van der Waals surface area contributed by atoms with Crippen LogP contribution in [0.4, 0.5) is 10.1 Å². The minimum atomic E-state index is -0.165. The van der Waals surface area contributed by atoms with Crippen molar-refractivity contribution < 1.29 is 4.39 Å². The van der Waals surface area contributed by atoms with Gasteiger partial charge in [0.2, 0.25) is 0 Å². The molecule has 0 bridgehead atoms. The molecule has 1 nitrogen and oxygen atoms in total. The highest BCUT2D eigenvalue weighted by molar-refractivity contribution is 7.16. The Labute approximate surface area is 115 Å². The number of fused-ring (bicyclic) bond motifs is 1. The third kappa shape index (κ3) is 2.13. The molecule has 1 aliphatic carbocycles. The van der Waals surface area contributed by atoms with Crippen molar-refractivity contribution in [2.75, 3.05) is 5.32 Å². The predicted octanol–water partition coefficient (Wildman–Crippen LogP) is 4.95. The highest BCUT2D eigenvalue weighted by Crippen LogP contribution is 2.40. The van der Waals surface area contributed by atoms with Gasteiger partial charge in [0.1, 0.15) is 5.82 Å². The highest BCUT2D eigenvalue weighted by atomic mass is 35.5. The lowest BCUT2D eigenvalue weighted by Crippen LogP contribution is -2.06. The maximum atomic E-state index is 13.5. The molecule has 0 saturated heterocycles. The van der Waals surface area contributed by atoms with Gasteiger partial charge in [-0.25, -0.2) is 4.39 Å². The van der Waals surface area contributed by atoms with Crippen LogP contribution in [0.1, 0.15) is 28.5 Å². The zero-order chi connectivity index (χ0) is 12.7. The van der Waals surface area contributed by atoms with Crippen LogP contribution >= 0.6 is 22.9 Å². The molecular weight excluding hydrogens is 269 g/mol. The molecule has 1 aliphatic rings. The Kier molecular flexibility index (Phi) is 3.04. The van der Waals surface area contributed by atoms with E-state index in [1.807, 2.05) is 12.1 Å². The van der Waals surface area contributed by atoms with Gasteiger partial charge in [0.15, 0.2) is 0 Å². The predicted molar refractivity (Wildman–Crippen MR) is 75.2 cm³/mol. The molecule has 2 aromatic rings. The Bertz CT molecular complexity index is 593. The van der Waals surface area contributed by atoms with Crippen molar-refractivity contribution in [3.8, 4) is 0 Å². The summed E-state index contributed by atoms with van der Waals surface area (Å²) in [7, 11) is 0. The Hall–Kier alpha value is -1.06. The zero-order valence-corrected chi connectivity index (χ0v) is 11.5. The second-order valence-corrected chi connectivity index (χ2v) is 6.40. The Morgan fingerprint density at radius 1 is 1.39 bits per heavy atom. The molecule has 1 heterocycles. The average Bonchev–Trinajstić information content (AvgIpc) is 2.85. The van der Waals surface area contributed by atoms with Gasteiger partial charge >= 0.3 is 0 Å². The smallest absolute Gasteiger partial charge is 0.128 e. The molecule has 1 N–H and O–H groups in total. The van der Waals surface area contributed by atoms with Crippen LogP contribution in [0.15, 0.2) is 24.3 Å². The molecule has 4 heteroatoms. The van der Waals surface area contributed by atoms with Crippen molar-refractivity contribution >= 4 is 28.6 Å². The zero-order valence-electron chi connectivity index (χ0n) is 9.97. The van der Waals surface area contributed by atoms with Crippen molar-refractivity contribution in [2.45, 2.75) is 25.8 Å². The van der Waals surface area contributed by atoms with Gasteiger partial charge in [-0.15, -0.1) is 11.3 Å². The summed E-state index contributed by atoms with van der Waals surface area (Å²) in [4.78, 5) is 1.35. The minimum absolute atomic E-state index is 0.165. The molecule has 0 radical (unpaired) electrons. The number of rotatable bonds is 2. The minimum Gasteiger partial charge on any atom is -0.378 e. The largest absolute Gasteiger partial charge is 0.378 e. The summed E-state index contributed by atoms with van der Waals surface area (Å²) in [5, 5.41) is 3.39. The van der Waals surface area contributed by atoms with Crippen molar-refractivity contribution in [3.05, 3.63) is 50.4 Å². The molecule has 0 saturated carbocycles. The highest BCUT2D eigenvalue weighted by Gasteiger charge is 2.24. The van der Waals surface area contributed by atoms with Gasteiger partial charge < -0.3 is 5.32 Å². The van der Waals surface area contributed by atoms with Crippen LogP contribution in [-0.2, 0) is 6.42 Å². The van der Waals surface area contributed by atoms with E-state index in [4.69, 9.17) is 11.6 Å². The van der Waals surface area contributed by atoms with E-state index < -0.39 is 0 Å². The topological polar surface area (TPSA) is 12.0 Å². The van der Waals surface area contributed by atoms with E-state index in [-0.39, 0.29) is 11.9 Å². The van der Waals surface area contributed by atoms with Crippen molar-refractivity contribution in [1.82, 2.24) is 0 Å². The number of hydrogen-bond donors (Lipinski definition) is 1. The molecule has 3 rings (SSSR count). The average molecular weight is 282 g/mol. The second-order valence-electron chi connectivity index (χ2n) is 4.63. The molecule has 1 unspecified atom stereocenters. The van der Waals surface area contributed by atoms with Gasteiger partial charge in [0, 0.05) is 10.6 Å². The third-order valence-corrected chi connectivity index (χ3v) is 4.70. The normalized spacial score (nSPS) is 17.8. The van der Waals surface area contributed by atoms with Gasteiger partial charge in [-0.3, -0.25) is 0 Å². The van der Waals surface area contributed by atoms with E-state index in [1.165, 1.54) is 10.4 Å². The van der Waals surface area contributed by atoms with Crippen LogP contribution in [0.25, 0.3) is 0 Å². The lowest BCUT2D eigenvalue weighted by Gasteiger charge is -2.15. The summed E-state index contributed by atoms with van der Waals surface area (Å²) in [5.41, 5.74) is 2.77. The third-order valence-electron chi connectivity index (χ3n) is 3.36. The van der Waals surface area contributed by atoms with E-state index in [1.54, 1.807) is 30.4 Å². The first kappa shape index (κ1) is 12.0. The molecule has 1 aromatic carbocycles. The van der Waals surface area contributed by atoms with Gasteiger partial charge in [-0.2, -0.15) is 0 Å². The summed E-state index contributed by atoms with van der Waals surface area (Å²) in [6, 6.07) is 7.56. The van der Waals surface area contributed by atoms with E-state index in [9.17, 15) is 4.39 Å². The number of hydrogen-bond acceptors (Lipinski definition) is 2. The first-order valence-corrected chi connectivity index (χ1v) is 7.14. The molecule has 0 spiro atoms. The van der Waals surface area contributed by atoms with E-state index in [0.717, 1.165) is 22.9 Å². The number of thiophene rings is 1. The van der Waals surface area contributed by atoms with Crippen molar-refractivity contribution in [1.29, 1.82) is 0 Å². The fourth-order valence-electron chi connectivity index (χ4n) is 2.36. The molecule has 0 aliphatic heterocycles. The Balaban J connectivity index is 1.83. The van der Waals surface area contributed by atoms with Gasteiger partial charge in [-0.05, 0) is 49.1 Å². The fraction of sp³-hybridized carbons (Fsp3) is 0.286. The van der Waals surface area contributed by atoms with Gasteiger partial charge in [-0.1, -0.05) is 17.7 Å². The van der Waals surface area contributed by atoms with Crippen LogP contribution in [0.3, 0.4) is 0 Å². The molecule has 0 fully saturated rings. The summed E-state index contributed by atoms with van der Waals surface area (Å²) in [5.74, 6) is -0.165. The number of aryl methyl sites for hydroxylation is 2. The fourth-order valence-corrected chi connectivity index (χ4v) is 3.72. The first-order chi connectivity index (χ1) is 8.63. The van der Waals surface area contributed by atoms with E-state index in [2.05, 4.69) is 5.32 Å². The molecule has 18 heavy (non-hydrogen) atoms. The van der Waals surface area contributed by atoms with Crippen LogP contribution < -0.4 is 5.32 Å². The molecular formula is C14H13ClFNS. The molecule has 1 aromatic heterocycles. The van der Waals surface area contributed by atoms with Crippen molar-refractivity contribution in [2.24, 2.45) is 0 Å². The standard InChI is InChI=1S/C14H13ClFNS/c1-8-2-3-9(6-11(8)16)17-12-4-5-13-10(12)7-14(15)18-13/h2-3,6-7,12,17H,4-5H2,1H3. The van der Waals surface area contributed by atoms with Gasteiger partial charge in [0.05, 0.1) is 10.4 Å². The summed E-state index contributed by atoms with van der Waals surface area (Å²) >= 11 is 7.67. The first-order valence-electron chi connectivity index (χ1n) is 5.94.